The highest BCUT2D eigenvalue weighted by molar-refractivity contribution is 5.98. The van der Waals surface area contributed by atoms with Crippen molar-refractivity contribution >= 4 is 11.6 Å². The first-order valence-corrected chi connectivity index (χ1v) is 4.34. The fourth-order valence-corrected chi connectivity index (χ4v) is 0.862. The third kappa shape index (κ3) is 3.23. The molecular weight excluding hydrogens is 164 g/mol. The third-order valence-corrected chi connectivity index (χ3v) is 1.43. The van der Waals surface area contributed by atoms with Crippen LogP contribution >= 0.6 is 0 Å². The summed E-state index contributed by atoms with van der Waals surface area (Å²) in [5.41, 5.74) is 6.91. The molecule has 0 unspecified atom stereocenters. The molecule has 0 amide bonds. The Hall–Kier alpha value is -1.38. The van der Waals surface area contributed by atoms with Gasteiger partial charge in [-0.15, -0.1) is 0 Å². The van der Waals surface area contributed by atoms with Crippen LogP contribution in [0.4, 0.5) is 5.82 Å². The molecule has 0 aliphatic heterocycles. The predicted molar refractivity (Wildman–Crippen MR) is 54.7 cm³/mol. The monoisotopic (exact) mass is 180 g/mol. The van der Waals surface area contributed by atoms with Crippen molar-refractivity contribution in [2.75, 3.05) is 5.73 Å². The van der Waals surface area contributed by atoms with Gasteiger partial charge in [0.25, 0.3) is 0 Å². The van der Waals surface area contributed by atoms with Crippen LogP contribution in [0.1, 0.15) is 36.7 Å². The molecule has 13 heavy (non-hydrogen) atoms. The number of rotatable bonds is 1. The fourth-order valence-electron chi connectivity index (χ4n) is 0.862. The molecule has 1 aromatic heterocycles. The van der Waals surface area contributed by atoms with E-state index in [0.29, 0.717) is 11.4 Å². The lowest BCUT2D eigenvalue weighted by atomic mass is 10.1. The van der Waals surface area contributed by atoms with Crippen molar-refractivity contribution in [3.05, 3.63) is 23.4 Å². The number of aryl methyl sites for hydroxylation is 1. The van der Waals surface area contributed by atoms with Gasteiger partial charge in [-0.05, 0) is 25.5 Å². The van der Waals surface area contributed by atoms with E-state index in [2.05, 4.69) is 4.98 Å². The van der Waals surface area contributed by atoms with E-state index >= 15 is 0 Å². The summed E-state index contributed by atoms with van der Waals surface area (Å²) in [6.07, 6.45) is 1.64. The molecule has 1 heterocycles. The van der Waals surface area contributed by atoms with E-state index in [0.717, 1.165) is 5.56 Å². The third-order valence-electron chi connectivity index (χ3n) is 1.43. The Morgan fingerprint density at radius 2 is 2.00 bits per heavy atom. The molecule has 0 aliphatic carbocycles. The maximum Gasteiger partial charge on any atom is 0.163 e. The van der Waals surface area contributed by atoms with Gasteiger partial charge in [0.05, 0.1) is 5.56 Å². The lowest BCUT2D eigenvalue weighted by molar-refractivity contribution is 0.101. The van der Waals surface area contributed by atoms with Gasteiger partial charge in [0.1, 0.15) is 5.82 Å². The first kappa shape index (κ1) is 11.6. The van der Waals surface area contributed by atoms with Crippen molar-refractivity contribution < 1.29 is 4.79 Å². The van der Waals surface area contributed by atoms with Gasteiger partial charge in [0.2, 0.25) is 0 Å². The standard InChI is InChI=1S/C8H10N2O.C2H6/c1-5-3-7(6(2)11)8(9)10-4-5;1-2/h3-4H,1-2H3,(H2,9,10);1-2H3. The maximum absolute atomic E-state index is 10.9. The summed E-state index contributed by atoms with van der Waals surface area (Å²) in [4.78, 5) is 14.8. The first-order chi connectivity index (χ1) is 6.11. The van der Waals surface area contributed by atoms with Gasteiger partial charge in [-0.1, -0.05) is 13.8 Å². The number of hydrogen-bond donors (Lipinski definition) is 1. The van der Waals surface area contributed by atoms with Crippen LogP contribution in [0.5, 0.6) is 0 Å². The molecule has 0 spiro atoms. The van der Waals surface area contributed by atoms with Gasteiger partial charge in [-0.25, -0.2) is 4.98 Å². The summed E-state index contributed by atoms with van der Waals surface area (Å²) < 4.78 is 0. The Morgan fingerprint density at radius 3 is 2.38 bits per heavy atom. The Labute approximate surface area is 79.0 Å². The minimum absolute atomic E-state index is 0.0429. The Balaban J connectivity index is 0.000000671. The van der Waals surface area contributed by atoms with E-state index in [4.69, 9.17) is 5.73 Å². The molecule has 0 aromatic carbocycles. The fraction of sp³-hybridized carbons (Fsp3) is 0.400. The van der Waals surface area contributed by atoms with Crippen molar-refractivity contribution in [3.63, 3.8) is 0 Å². The van der Waals surface area contributed by atoms with E-state index < -0.39 is 0 Å². The van der Waals surface area contributed by atoms with Crippen molar-refractivity contribution in [1.29, 1.82) is 0 Å². The van der Waals surface area contributed by atoms with Gasteiger partial charge in [-0.2, -0.15) is 0 Å². The van der Waals surface area contributed by atoms with Gasteiger partial charge >= 0.3 is 0 Å². The number of hydrogen-bond acceptors (Lipinski definition) is 3. The zero-order chi connectivity index (χ0) is 10.4. The summed E-state index contributed by atoms with van der Waals surface area (Å²) in [5, 5.41) is 0. The minimum Gasteiger partial charge on any atom is -0.383 e. The highest BCUT2D eigenvalue weighted by atomic mass is 16.1. The normalized spacial score (nSPS) is 8.62. The maximum atomic E-state index is 10.9. The number of anilines is 1. The zero-order valence-electron chi connectivity index (χ0n) is 8.59. The molecule has 0 radical (unpaired) electrons. The number of aromatic nitrogens is 1. The SMILES string of the molecule is CC.CC(=O)c1cc(C)cnc1N. The summed E-state index contributed by atoms with van der Waals surface area (Å²) in [6.45, 7) is 7.35. The smallest absolute Gasteiger partial charge is 0.163 e. The summed E-state index contributed by atoms with van der Waals surface area (Å²) >= 11 is 0. The molecule has 72 valence electrons. The highest BCUT2D eigenvalue weighted by Crippen LogP contribution is 2.10. The Bertz CT molecular complexity index is 295. The summed E-state index contributed by atoms with van der Waals surface area (Å²) in [6, 6.07) is 1.74. The van der Waals surface area contributed by atoms with Crippen LogP contribution in [0.2, 0.25) is 0 Å². The van der Waals surface area contributed by atoms with Crippen molar-refractivity contribution in [2.24, 2.45) is 0 Å². The largest absolute Gasteiger partial charge is 0.383 e. The van der Waals surface area contributed by atoms with Crippen molar-refractivity contribution in [1.82, 2.24) is 4.98 Å². The Morgan fingerprint density at radius 1 is 1.46 bits per heavy atom. The molecule has 0 saturated heterocycles. The van der Waals surface area contributed by atoms with E-state index in [1.165, 1.54) is 6.92 Å². The molecule has 0 atom stereocenters. The lowest BCUT2D eigenvalue weighted by Crippen LogP contribution is -2.02. The zero-order valence-corrected chi connectivity index (χ0v) is 8.59. The second-order valence-corrected chi connectivity index (χ2v) is 2.50. The van der Waals surface area contributed by atoms with Crippen molar-refractivity contribution in [3.8, 4) is 0 Å². The topological polar surface area (TPSA) is 56.0 Å². The molecule has 0 saturated carbocycles. The van der Waals surface area contributed by atoms with Crippen LogP contribution in [0, 0.1) is 6.92 Å². The Kier molecular flexibility index (Phi) is 4.74. The molecule has 0 fully saturated rings. The molecule has 0 aliphatic rings. The van der Waals surface area contributed by atoms with Crippen LogP contribution in [-0.2, 0) is 0 Å². The quantitative estimate of drug-likeness (QED) is 0.674. The minimum atomic E-state index is -0.0429. The van der Waals surface area contributed by atoms with Crippen LogP contribution in [0.15, 0.2) is 12.3 Å². The number of Topliss-reactive ketones (excluding diaryl/α,β-unsaturated/α-hetero) is 1. The van der Waals surface area contributed by atoms with Gasteiger partial charge in [-0.3, -0.25) is 4.79 Å². The van der Waals surface area contributed by atoms with Crippen LogP contribution in [0.25, 0.3) is 0 Å². The van der Waals surface area contributed by atoms with Crippen LogP contribution in [0.3, 0.4) is 0 Å². The number of nitrogens with zero attached hydrogens (tertiary/aromatic N) is 1. The van der Waals surface area contributed by atoms with E-state index in [-0.39, 0.29) is 5.78 Å². The summed E-state index contributed by atoms with van der Waals surface area (Å²) in [5.74, 6) is 0.266. The van der Waals surface area contributed by atoms with Crippen LogP contribution in [-0.4, -0.2) is 10.8 Å². The number of carbonyl (C=O) groups is 1. The number of ketones is 1. The lowest BCUT2D eigenvalue weighted by Gasteiger charge is -2.00. The summed E-state index contributed by atoms with van der Waals surface area (Å²) in [7, 11) is 0. The van der Waals surface area contributed by atoms with E-state index in [9.17, 15) is 4.79 Å². The second kappa shape index (κ2) is 5.30. The number of pyridine rings is 1. The number of carbonyl (C=O) groups excluding carboxylic acids is 1. The number of nitrogen functional groups attached to an aromatic ring is 1. The second-order valence-electron chi connectivity index (χ2n) is 2.50. The molecule has 3 nitrogen and oxygen atoms in total. The van der Waals surface area contributed by atoms with Gasteiger partial charge in [0.15, 0.2) is 5.78 Å². The predicted octanol–water partition coefficient (Wildman–Crippen LogP) is 2.20. The van der Waals surface area contributed by atoms with Gasteiger partial charge in [0, 0.05) is 6.20 Å². The highest BCUT2D eigenvalue weighted by Gasteiger charge is 2.04. The molecule has 2 N–H and O–H groups in total. The molecular formula is C10H16N2O. The molecule has 1 aromatic rings. The molecule has 0 bridgehead atoms. The van der Waals surface area contributed by atoms with E-state index in [1.54, 1.807) is 12.3 Å². The average molecular weight is 180 g/mol. The van der Waals surface area contributed by atoms with Crippen molar-refractivity contribution in [2.45, 2.75) is 27.7 Å². The van der Waals surface area contributed by atoms with Crippen LogP contribution < -0.4 is 5.73 Å². The average Bonchev–Trinajstić information content (AvgIpc) is 2.12. The van der Waals surface area contributed by atoms with E-state index in [1.807, 2.05) is 20.8 Å². The molecule has 1 rings (SSSR count). The molecule has 3 heteroatoms. The number of nitrogens with two attached hydrogens (primary N) is 1. The van der Waals surface area contributed by atoms with Gasteiger partial charge < -0.3 is 5.73 Å². The first-order valence-electron chi connectivity index (χ1n) is 4.34.